The molecule has 0 saturated carbocycles. The van der Waals surface area contributed by atoms with Crippen LogP contribution in [-0.2, 0) is 9.05 Å². The van der Waals surface area contributed by atoms with Crippen LogP contribution in [0.4, 0.5) is 0 Å². The van der Waals surface area contributed by atoms with E-state index in [0.29, 0.717) is 5.02 Å². The van der Waals surface area contributed by atoms with Gasteiger partial charge >= 0.3 is 0 Å². The van der Waals surface area contributed by atoms with Gasteiger partial charge in [0.25, 0.3) is 9.05 Å². The lowest BCUT2D eigenvalue weighted by molar-refractivity contribution is 0.609. The highest BCUT2D eigenvalue weighted by Crippen LogP contribution is 2.28. The predicted molar refractivity (Wildman–Crippen MR) is 74.7 cm³/mol. The van der Waals surface area contributed by atoms with Crippen molar-refractivity contribution >= 4 is 31.3 Å². The lowest BCUT2D eigenvalue weighted by atomic mass is 10.0. The van der Waals surface area contributed by atoms with Crippen LogP contribution in [0.1, 0.15) is 5.56 Å². The molecular formula is C13H10Cl2O2S. The maximum atomic E-state index is 11.3. The molecule has 0 fully saturated rings. The first-order valence-electron chi connectivity index (χ1n) is 5.19. The van der Waals surface area contributed by atoms with Crippen LogP contribution in [0.2, 0.25) is 5.02 Å². The molecule has 0 aliphatic carbocycles. The van der Waals surface area contributed by atoms with Gasteiger partial charge in [0.05, 0.1) is 4.90 Å². The van der Waals surface area contributed by atoms with Crippen molar-refractivity contribution in [2.75, 3.05) is 0 Å². The summed E-state index contributed by atoms with van der Waals surface area (Å²) < 4.78 is 22.7. The minimum absolute atomic E-state index is 0.0970. The van der Waals surface area contributed by atoms with E-state index in [2.05, 4.69) is 0 Å². The summed E-state index contributed by atoms with van der Waals surface area (Å²) in [6.07, 6.45) is 0. The minimum atomic E-state index is -3.71. The van der Waals surface area contributed by atoms with Crippen LogP contribution in [0.5, 0.6) is 0 Å². The van der Waals surface area contributed by atoms with Gasteiger partial charge in [0.2, 0.25) is 0 Å². The molecule has 0 aromatic heterocycles. The van der Waals surface area contributed by atoms with Gasteiger partial charge in [0, 0.05) is 15.7 Å². The Balaban J connectivity index is 2.60. The van der Waals surface area contributed by atoms with E-state index in [1.807, 2.05) is 19.1 Å². The molecule has 0 amide bonds. The number of halogens is 2. The highest BCUT2D eigenvalue weighted by molar-refractivity contribution is 8.13. The summed E-state index contributed by atoms with van der Waals surface area (Å²) in [7, 11) is 1.63. The molecule has 2 aromatic rings. The van der Waals surface area contributed by atoms with Crippen molar-refractivity contribution in [1.82, 2.24) is 0 Å². The second-order valence-electron chi connectivity index (χ2n) is 3.92. The van der Waals surface area contributed by atoms with Crippen molar-refractivity contribution in [3.8, 4) is 11.1 Å². The Morgan fingerprint density at radius 2 is 1.61 bits per heavy atom. The van der Waals surface area contributed by atoms with Gasteiger partial charge in [-0.3, -0.25) is 0 Å². The second kappa shape index (κ2) is 4.92. The fourth-order valence-electron chi connectivity index (χ4n) is 1.69. The number of hydrogen-bond donors (Lipinski definition) is 0. The summed E-state index contributed by atoms with van der Waals surface area (Å²) >= 11 is 5.83. The molecule has 2 rings (SSSR count). The van der Waals surface area contributed by atoms with Crippen molar-refractivity contribution in [3.05, 3.63) is 53.1 Å². The smallest absolute Gasteiger partial charge is 0.207 e. The summed E-state index contributed by atoms with van der Waals surface area (Å²) in [5.74, 6) is 0. The monoisotopic (exact) mass is 300 g/mol. The van der Waals surface area contributed by atoms with Gasteiger partial charge in [-0.15, -0.1) is 0 Å². The first kappa shape index (κ1) is 13.4. The molecule has 0 radical (unpaired) electrons. The normalized spacial score (nSPS) is 11.5. The molecule has 18 heavy (non-hydrogen) atoms. The van der Waals surface area contributed by atoms with Crippen LogP contribution in [-0.4, -0.2) is 8.42 Å². The van der Waals surface area contributed by atoms with Crippen molar-refractivity contribution in [3.63, 3.8) is 0 Å². The predicted octanol–water partition coefficient (Wildman–Crippen LogP) is 4.24. The molecule has 2 aromatic carbocycles. The fraction of sp³-hybridized carbons (Fsp3) is 0.0769. The SMILES string of the molecule is Cc1ccc(S(=O)(=O)Cl)cc1-c1ccc(Cl)cc1. The molecule has 0 unspecified atom stereocenters. The molecule has 0 aliphatic heterocycles. The van der Waals surface area contributed by atoms with Gasteiger partial charge < -0.3 is 0 Å². The summed E-state index contributed by atoms with van der Waals surface area (Å²) in [6.45, 7) is 1.91. The van der Waals surface area contributed by atoms with E-state index in [1.165, 1.54) is 6.07 Å². The number of hydrogen-bond acceptors (Lipinski definition) is 2. The van der Waals surface area contributed by atoms with Crippen molar-refractivity contribution in [2.45, 2.75) is 11.8 Å². The number of aryl methyl sites for hydroxylation is 1. The van der Waals surface area contributed by atoms with Crippen LogP contribution in [0.25, 0.3) is 11.1 Å². The molecular weight excluding hydrogens is 291 g/mol. The van der Waals surface area contributed by atoms with Gasteiger partial charge in [-0.05, 0) is 47.9 Å². The molecule has 2 nitrogen and oxygen atoms in total. The molecule has 0 atom stereocenters. The summed E-state index contributed by atoms with van der Waals surface area (Å²) in [5, 5.41) is 0.637. The van der Waals surface area contributed by atoms with Crippen molar-refractivity contribution < 1.29 is 8.42 Å². The van der Waals surface area contributed by atoms with Crippen LogP contribution < -0.4 is 0 Å². The Morgan fingerprint density at radius 1 is 1.00 bits per heavy atom. The molecule has 0 aliphatic rings. The topological polar surface area (TPSA) is 34.1 Å². The fourth-order valence-corrected chi connectivity index (χ4v) is 2.60. The molecule has 0 spiro atoms. The zero-order chi connectivity index (χ0) is 13.3. The molecule has 0 N–H and O–H groups in total. The van der Waals surface area contributed by atoms with Crippen molar-refractivity contribution in [2.24, 2.45) is 0 Å². The van der Waals surface area contributed by atoms with Crippen LogP contribution in [0.3, 0.4) is 0 Å². The first-order valence-corrected chi connectivity index (χ1v) is 7.88. The Kier molecular flexibility index (Phi) is 3.66. The highest BCUT2D eigenvalue weighted by atomic mass is 35.7. The molecule has 94 valence electrons. The van der Waals surface area contributed by atoms with Gasteiger partial charge in [-0.2, -0.15) is 0 Å². The van der Waals surface area contributed by atoms with Gasteiger partial charge in [0.1, 0.15) is 0 Å². The molecule has 0 saturated heterocycles. The largest absolute Gasteiger partial charge is 0.261 e. The van der Waals surface area contributed by atoms with E-state index in [-0.39, 0.29) is 4.90 Å². The van der Waals surface area contributed by atoms with Gasteiger partial charge in [0.15, 0.2) is 0 Å². The van der Waals surface area contributed by atoms with E-state index >= 15 is 0 Å². The average Bonchev–Trinajstić information content (AvgIpc) is 2.29. The van der Waals surface area contributed by atoms with Gasteiger partial charge in [-0.25, -0.2) is 8.42 Å². The Bertz CT molecular complexity index is 677. The standard InChI is InChI=1S/C13H10Cl2O2S/c1-9-2-7-12(18(15,16)17)8-13(9)10-3-5-11(14)6-4-10/h2-8H,1H3. The minimum Gasteiger partial charge on any atom is -0.207 e. The quantitative estimate of drug-likeness (QED) is 0.777. The lowest BCUT2D eigenvalue weighted by Gasteiger charge is -2.08. The molecule has 0 heterocycles. The maximum absolute atomic E-state index is 11.3. The van der Waals surface area contributed by atoms with Crippen LogP contribution in [0, 0.1) is 6.92 Å². The zero-order valence-electron chi connectivity index (χ0n) is 9.52. The van der Waals surface area contributed by atoms with Crippen LogP contribution >= 0.6 is 22.3 Å². The van der Waals surface area contributed by atoms with E-state index in [0.717, 1.165) is 16.7 Å². The Morgan fingerprint density at radius 3 is 2.17 bits per heavy atom. The van der Waals surface area contributed by atoms with E-state index in [4.69, 9.17) is 22.3 Å². The molecule has 5 heteroatoms. The lowest BCUT2D eigenvalue weighted by Crippen LogP contribution is -1.93. The van der Waals surface area contributed by atoms with E-state index in [1.54, 1.807) is 24.3 Å². The van der Waals surface area contributed by atoms with E-state index < -0.39 is 9.05 Å². The summed E-state index contributed by atoms with van der Waals surface area (Å²) in [6, 6.07) is 12.0. The third kappa shape index (κ3) is 2.86. The van der Waals surface area contributed by atoms with Crippen molar-refractivity contribution in [1.29, 1.82) is 0 Å². The third-order valence-corrected chi connectivity index (χ3v) is 4.25. The zero-order valence-corrected chi connectivity index (χ0v) is 11.9. The van der Waals surface area contributed by atoms with Crippen LogP contribution in [0.15, 0.2) is 47.4 Å². The second-order valence-corrected chi connectivity index (χ2v) is 6.92. The molecule has 0 bridgehead atoms. The van der Waals surface area contributed by atoms with Gasteiger partial charge in [-0.1, -0.05) is 29.8 Å². The Labute approximate surface area is 116 Å². The number of benzene rings is 2. The average molecular weight is 301 g/mol. The van der Waals surface area contributed by atoms with E-state index in [9.17, 15) is 8.42 Å². The highest BCUT2D eigenvalue weighted by Gasteiger charge is 2.12. The summed E-state index contributed by atoms with van der Waals surface area (Å²) in [5.41, 5.74) is 2.70. The third-order valence-electron chi connectivity index (χ3n) is 2.65. The maximum Gasteiger partial charge on any atom is 0.261 e. The number of rotatable bonds is 2. The first-order chi connectivity index (χ1) is 8.38. The Hall–Kier alpha value is -1.03. The summed E-state index contributed by atoms with van der Waals surface area (Å²) in [4.78, 5) is 0.0970.